The van der Waals surface area contributed by atoms with Crippen molar-refractivity contribution < 1.29 is 119 Å². The molecule has 3 rings (SSSR count). The molecule has 0 spiro atoms. The summed E-state index contributed by atoms with van der Waals surface area (Å²) in [7, 11) is 0. The van der Waals surface area contributed by atoms with Crippen molar-refractivity contribution in [2.75, 3.05) is 84.1 Å². The van der Waals surface area contributed by atoms with E-state index < -0.39 is 103 Å². The minimum absolute atomic E-state index is 0. The van der Waals surface area contributed by atoms with Gasteiger partial charge in [-0.3, -0.25) is 58.0 Å². The molecule has 1 aromatic heterocycles. The zero-order chi connectivity index (χ0) is 51.9. The monoisotopic (exact) mass is 1150 g/mol. The minimum atomic E-state index is -1.41. The maximum absolute atomic E-state index is 13.0. The molecule has 71 heavy (non-hydrogen) atoms. The molecule has 400 valence electrons. The van der Waals surface area contributed by atoms with Gasteiger partial charge >= 0.3 is 17.9 Å². The maximum Gasteiger partial charge on any atom is 0.320 e. The number of anilines is 1. The van der Waals surface area contributed by atoms with Crippen molar-refractivity contribution in [3.63, 3.8) is 0 Å². The van der Waals surface area contributed by atoms with Crippen LogP contribution < -0.4 is 36.9 Å². The predicted octanol–water partition coefficient (Wildman–Crippen LogP) is -4.85. The number of hydrogen-bond acceptors (Lipinski definition) is 20. The van der Waals surface area contributed by atoms with Crippen molar-refractivity contribution in [2.45, 2.75) is 108 Å². The molecular formula is C44H68GdN8O18. The van der Waals surface area contributed by atoms with Crippen molar-refractivity contribution >= 4 is 41.3 Å². The third-order valence-corrected chi connectivity index (χ3v) is 11.5. The van der Waals surface area contributed by atoms with Crippen molar-refractivity contribution in [1.82, 2.24) is 35.6 Å². The van der Waals surface area contributed by atoms with Gasteiger partial charge in [0.25, 0.3) is 10.9 Å². The van der Waals surface area contributed by atoms with Gasteiger partial charge in [-0.1, -0.05) is 0 Å². The van der Waals surface area contributed by atoms with Crippen LogP contribution in [-0.4, -0.2) is 216 Å². The summed E-state index contributed by atoms with van der Waals surface area (Å²) < 4.78 is 5.29. The minimum Gasteiger partial charge on any atom is -0.488 e. The molecule has 0 fully saturated rings. The van der Waals surface area contributed by atoms with Gasteiger partial charge in [-0.15, -0.1) is 0 Å². The quantitative estimate of drug-likeness (QED) is 0.0249. The van der Waals surface area contributed by atoms with Crippen LogP contribution in [0.4, 0.5) is 5.69 Å². The van der Waals surface area contributed by atoms with E-state index in [1.807, 2.05) is 0 Å². The Hall–Kier alpha value is -4.39. The third kappa shape index (κ3) is 21.3. The van der Waals surface area contributed by atoms with E-state index >= 15 is 0 Å². The molecule has 1 aliphatic rings. The second-order valence-corrected chi connectivity index (χ2v) is 16.9. The number of rotatable bonds is 31. The topological polar surface area (TPSA) is 399 Å². The van der Waals surface area contributed by atoms with Crippen LogP contribution in [0.1, 0.15) is 68.8 Å². The first-order valence-electron chi connectivity index (χ1n) is 23.1. The molecule has 3 amide bonds. The first-order chi connectivity index (χ1) is 33.3. The first-order valence-corrected chi connectivity index (χ1v) is 23.1. The summed E-state index contributed by atoms with van der Waals surface area (Å²) in [4.78, 5) is 111. The number of carbonyl (C=O) groups is 6. The number of aliphatic hydroxyl groups is 6. The Bertz CT molecular complexity index is 2030. The van der Waals surface area contributed by atoms with E-state index in [-0.39, 0.29) is 162 Å². The number of nitrogens with zero attached hydrogens (tertiary/aromatic N) is 4. The number of pyridine rings is 1. The number of aryl methyl sites for hydroxylation is 1. The van der Waals surface area contributed by atoms with Crippen LogP contribution in [0, 0.1) is 39.9 Å². The Morgan fingerprint density at radius 1 is 0.634 bits per heavy atom. The number of carbonyl (C=O) groups excluding carboxylic acids is 3. The van der Waals surface area contributed by atoms with Gasteiger partial charge in [-0.25, -0.2) is 0 Å². The second kappa shape index (κ2) is 32.6. The summed E-state index contributed by atoms with van der Waals surface area (Å²) in [5, 5.41) is 98.6. The molecular weight excluding hydrogens is 1090 g/mol. The van der Waals surface area contributed by atoms with Gasteiger partial charge in [0.05, 0.1) is 56.1 Å². The Morgan fingerprint density at radius 2 is 1.01 bits per heavy atom. The van der Waals surface area contributed by atoms with Gasteiger partial charge in [0.2, 0.25) is 17.7 Å². The van der Waals surface area contributed by atoms with E-state index in [4.69, 9.17) is 25.0 Å². The third-order valence-electron chi connectivity index (χ3n) is 11.5. The number of nitrogens with one attached hydrogen (secondary N) is 4. The van der Waals surface area contributed by atoms with E-state index in [2.05, 4.69) is 21.3 Å². The molecule has 2 aromatic rings. The molecule has 26 nitrogen and oxygen atoms in total. The zero-order valence-corrected chi connectivity index (χ0v) is 41.8. The average Bonchev–Trinajstić information content (AvgIpc) is 3.32. The number of aliphatic hydroxyl groups excluding tert-OH is 6. The maximum atomic E-state index is 13.0. The fourth-order valence-electron chi connectivity index (χ4n) is 7.73. The molecule has 0 radical (unpaired) electrons. The van der Waals surface area contributed by atoms with Crippen molar-refractivity contribution in [2.24, 2.45) is 0 Å². The van der Waals surface area contributed by atoms with Gasteiger partial charge in [0, 0.05) is 125 Å². The Labute approximate surface area is 441 Å². The van der Waals surface area contributed by atoms with Crippen molar-refractivity contribution in [3.05, 3.63) is 49.5 Å². The van der Waals surface area contributed by atoms with Gasteiger partial charge in [-0.2, -0.15) is 0 Å². The molecule has 6 atom stereocenters. The molecule has 0 aliphatic carbocycles. The van der Waals surface area contributed by atoms with E-state index in [0.717, 1.165) is 0 Å². The number of carboxylic acid groups (broad SMARTS) is 3. The summed E-state index contributed by atoms with van der Waals surface area (Å²) in [6, 6.07) is -0.778. The molecule has 13 N–H and O–H groups in total. The summed E-state index contributed by atoms with van der Waals surface area (Å²) >= 11 is 0. The number of amides is 3. The molecule has 2 bridgehead atoms. The zero-order valence-electron chi connectivity index (χ0n) is 39.5. The second-order valence-electron chi connectivity index (χ2n) is 16.9. The summed E-state index contributed by atoms with van der Waals surface area (Å²) in [5.41, 5.74) is -0.124. The van der Waals surface area contributed by atoms with Gasteiger partial charge in [0.1, 0.15) is 23.8 Å². The summed E-state index contributed by atoms with van der Waals surface area (Å²) in [6.45, 7) is -1.80. The van der Waals surface area contributed by atoms with Gasteiger partial charge in [-0.05, 0) is 56.7 Å². The predicted molar refractivity (Wildman–Crippen MR) is 246 cm³/mol. The van der Waals surface area contributed by atoms with Crippen molar-refractivity contribution in [3.8, 4) is 5.75 Å². The van der Waals surface area contributed by atoms with Crippen LogP contribution in [0.15, 0.2) is 21.7 Å². The van der Waals surface area contributed by atoms with E-state index in [1.165, 1.54) is 14.7 Å². The van der Waals surface area contributed by atoms with Crippen LogP contribution >= 0.6 is 0 Å². The molecule has 27 heteroatoms. The first kappa shape index (κ1) is 62.7. The molecule has 6 unspecified atom stereocenters. The number of aliphatic carboxylic acids is 3. The Kier molecular flexibility index (Phi) is 28.8. The standard InChI is InChI=1S/C44H68N8O18.Gd/c1-2-70-41-38(39(62)40(41)63)45-11-3-4-26-16-27-21-51(33(43(66)67)6-9-36(60)47-19-30(57)24-54)14-12-50(32(42(64)65)5-8-35(59)46-18-29(56)23-53)13-15-52(22-28(17-26)49-27)34(44(68)69)7-10-37(61)48-20-31(58)25-55;/h16-17,29-34,45,53-58H,2-15,18-25H2,1H3,(H,46,59)(H,47,60)(H,48,61)(H,64,65)(H,66,67)(H,68,69);. The largest absolute Gasteiger partial charge is 0.488 e. The van der Waals surface area contributed by atoms with Crippen LogP contribution in [0.2, 0.25) is 0 Å². The Balaban J connectivity index is 0.0000173. The fourth-order valence-corrected chi connectivity index (χ4v) is 7.73. The number of ether oxygens (including phenoxy) is 1. The van der Waals surface area contributed by atoms with Gasteiger partial charge < -0.3 is 72.0 Å². The summed E-state index contributed by atoms with van der Waals surface area (Å²) in [6.07, 6.45) is -4.90. The van der Waals surface area contributed by atoms with Gasteiger partial charge in [0.15, 0.2) is 5.75 Å². The van der Waals surface area contributed by atoms with E-state index in [9.17, 15) is 69.0 Å². The Morgan fingerprint density at radius 3 is 1.38 bits per heavy atom. The van der Waals surface area contributed by atoms with Crippen LogP contribution in [0.25, 0.3) is 0 Å². The molecule has 1 aliphatic heterocycles. The molecule has 2 heterocycles. The number of carboxylic acids is 3. The van der Waals surface area contributed by atoms with Crippen LogP contribution in [0.3, 0.4) is 0 Å². The SMILES string of the molecule is CCOc1c(NCCCc2cc3nc(c2)CN(C(CCC(=O)NCC(O)CO)C(=O)O)CCN(C(CCC(=O)NCC(O)CO)C(=O)O)CCN(C(CCC(=O)NCC(O)CO)C(=O)O)C3)c(=O)c1=O.[Gd]. The average molecular weight is 1150 g/mol. The normalized spacial score (nSPS) is 16.4. The number of hydrogen-bond donors (Lipinski definition) is 13. The molecule has 1 aromatic carbocycles. The van der Waals surface area contributed by atoms with E-state index in [1.54, 1.807) is 19.1 Å². The van der Waals surface area contributed by atoms with Crippen molar-refractivity contribution in [1.29, 1.82) is 0 Å². The fraction of sp³-hybridized carbons (Fsp3) is 0.659. The summed E-state index contributed by atoms with van der Waals surface area (Å²) in [5.74, 6) is -5.98. The van der Waals surface area contributed by atoms with Crippen LogP contribution in [-0.2, 0) is 48.3 Å². The smallest absolute Gasteiger partial charge is 0.320 e. The molecule has 0 saturated heterocycles. The molecule has 0 saturated carbocycles. The number of aromatic nitrogens is 1. The number of fused-ring (bicyclic) bond motifs is 2. The van der Waals surface area contributed by atoms with Crippen LogP contribution in [0.5, 0.6) is 5.75 Å². The van der Waals surface area contributed by atoms with E-state index in [0.29, 0.717) is 29.8 Å².